The molecule has 0 aromatic heterocycles. The van der Waals surface area contributed by atoms with Gasteiger partial charge in [-0.1, -0.05) is 61.5 Å². The number of hydrogen-bond donors (Lipinski definition) is 0. The first kappa shape index (κ1) is 18.7. The van der Waals surface area contributed by atoms with Gasteiger partial charge in [-0.25, -0.2) is 0 Å². The number of fused-ring (bicyclic) bond motifs is 1. The molecule has 0 amide bonds. The van der Waals surface area contributed by atoms with E-state index in [9.17, 15) is 4.79 Å². The third-order valence-electron chi connectivity index (χ3n) is 5.37. The summed E-state index contributed by atoms with van der Waals surface area (Å²) in [6.45, 7) is 2.77. The summed E-state index contributed by atoms with van der Waals surface area (Å²) in [5, 5.41) is 0. The molecule has 3 nitrogen and oxygen atoms in total. The molecule has 26 heavy (non-hydrogen) atoms. The number of hydrogen-bond acceptors (Lipinski definition) is 3. The fourth-order valence-corrected chi connectivity index (χ4v) is 4.20. The third kappa shape index (κ3) is 3.83. The normalized spacial score (nSPS) is 22.1. The third-order valence-corrected chi connectivity index (χ3v) is 5.37. The minimum absolute atomic E-state index is 0.124. The van der Waals surface area contributed by atoms with Gasteiger partial charge < -0.3 is 9.64 Å². The summed E-state index contributed by atoms with van der Waals surface area (Å²) >= 11 is 0. The molecule has 0 bridgehead atoms. The van der Waals surface area contributed by atoms with Gasteiger partial charge in [-0.3, -0.25) is 4.79 Å². The lowest BCUT2D eigenvalue weighted by atomic mass is 9.68. The first-order chi connectivity index (χ1) is 12.5. The van der Waals surface area contributed by atoms with Gasteiger partial charge in [0.25, 0.3) is 0 Å². The molecule has 138 valence electrons. The largest absolute Gasteiger partial charge is 0.453 e. The Labute approximate surface area is 157 Å². The van der Waals surface area contributed by atoms with E-state index in [1.54, 1.807) is 0 Å². The van der Waals surface area contributed by atoms with Gasteiger partial charge in [0.2, 0.25) is 0 Å². The second-order valence-corrected chi connectivity index (χ2v) is 7.53. The second kappa shape index (κ2) is 8.05. The van der Waals surface area contributed by atoms with E-state index in [2.05, 4.69) is 67.5 Å². The van der Waals surface area contributed by atoms with Crippen LogP contribution in [0.5, 0.6) is 0 Å². The Hall–Kier alpha value is -2.13. The summed E-state index contributed by atoms with van der Waals surface area (Å²) in [5.41, 5.74) is 3.09. The molecule has 0 N–H and O–H groups in total. The zero-order valence-electron chi connectivity index (χ0n) is 16.1. The highest BCUT2D eigenvalue weighted by molar-refractivity contribution is 5.70. The quantitative estimate of drug-likeness (QED) is 0.731. The summed E-state index contributed by atoms with van der Waals surface area (Å²) in [6.07, 6.45) is 3.18. The fourth-order valence-electron chi connectivity index (χ4n) is 4.20. The topological polar surface area (TPSA) is 29.5 Å². The maximum absolute atomic E-state index is 12.5. The van der Waals surface area contributed by atoms with E-state index in [-0.39, 0.29) is 11.9 Å². The van der Waals surface area contributed by atoms with E-state index in [1.807, 2.05) is 13.0 Å². The molecule has 2 aromatic rings. The average Bonchev–Trinajstić information content (AvgIpc) is 2.64. The second-order valence-electron chi connectivity index (χ2n) is 7.53. The molecule has 2 atom stereocenters. The van der Waals surface area contributed by atoms with Crippen molar-refractivity contribution in [3.8, 4) is 0 Å². The first-order valence-corrected chi connectivity index (χ1v) is 9.54. The number of aryl methyl sites for hydroxylation is 1. The molecule has 0 saturated heterocycles. The molecule has 0 fully saturated rings. The molecule has 1 aliphatic rings. The summed E-state index contributed by atoms with van der Waals surface area (Å²) in [4.78, 5) is 14.7. The highest BCUT2D eigenvalue weighted by atomic mass is 16.6. The molecular formula is C23H29NO2. The molecule has 0 radical (unpaired) electrons. The number of ether oxygens (including phenoxy) is 1. The van der Waals surface area contributed by atoms with Gasteiger partial charge in [0.15, 0.2) is 0 Å². The van der Waals surface area contributed by atoms with Crippen LogP contribution in [0.3, 0.4) is 0 Å². The summed E-state index contributed by atoms with van der Waals surface area (Å²) in [6, 6.07) is 18.9. The Balaban J connectivity index is 2.12. The van der Waals surface area contributed by atoms with Crippen molar-refractivity contribution in [2.75, 3.05) is 20.6 Å². The van der Waals surface area contributed by atoms with E-state index < -0.39 is 5.60 Å². The molecule has 1 aliphatic carbocycles. The standard InChI is InChI=1S/C23H29NO2/c1-4-22(25)26-23(16-18-10-6-5-7-11-18)20(17-24(2)3)15-14-19-12-8-9-13-21(19)23/h5-13,20H,4,14-17H2,1-3H3. The van der Waals surface area contributed by atoms with Crippen LogP contribution in [0.4, 0.5) is 0 Å². The molecular weight excluding hydrogens is 322 g/mol. The van der Waals surface area contributed by atoms with Crippen molar-refractivity contribution in [2.45, 2.75) is 38.2 Å². The van der Waals surface area contributed by atoms with E-state index >= 15 is 0 Å². The summed E-state index contributed by atoms with van der Waals surface area (Å²) in [7, 11) is 4.19. The van der Waals surface area contributed by atoms with Crippen LogP contribution in [0.2, 0.25) is 0 Å². The van der Waals surface area contributed by atoms with Crippen LogP contribution >= 0.6 is 0 Å². The Morgan fingerprint density at radius 3 is 2.50 bits per heavy atom. The van der Waals surface area contributed by atoms with Gasteiger partial charge in [-0.15, -0.1) is 0 Å². The van der Waals surface area contributed by atoms with Crippen molar-refractivity contribution >= 4 is 5.97 Å². The highest BCUT2D eigenvalue weighted by Gasteiger charge is 2.47. The number of rotatable bonds is 6. The lowest BCUT2D eigenvalue weighted by molar-refractivity contribution is -0.170. The van der Waals surface area contributed by atoms with Crippen LogP contribution in [0, 0.1) is 5.92 Å². The number of carbonyl (C=O) groups is 1. The summed E-state index contributed by atoms with van der Waals surface area (Å²) in [5.74, 6) is 0.143. The van der Waals surface area contributed by atoms with Crippen LogP contribution in [-0.2, 0) is 28.0 Å². The van der Waals surface area contributed by atoms with E-state index in [0.717, 1.165) is 25.8 Å². The summed E-state index contributed by atoms with van der Waals surface area (Å²) < 4.78 is 6.31. The zero-order valence-corrected chi connectivity index (χ0v) is 16.1. The smallest absolute Gasteiger partial charge is 0.306 e. The fraction of sp³-hybridized carbons (Fsp3) is 0.435. The van der Waals surface area contributed by atoms with Crippen LogP contribution in [0.1, 0.15) is 36.5 Å². The molecule has 2 aromatic carbocycles. The van der Waals surface area contributed by atoms with Gasteiger partial charge in [0.05, 0.1) is 0 Å². The molecule has 2 unspecified atom stereocenters. The Morgan fingerprint density at radius 2 is 1.81 bits per heavy atom. The molecule has 3 rings (SSSR count). The van der Waals surface area contributed by atoms with Crippen molar-refractivity contribution in [2.24, 2.45) is 5.92 Å². The van der Waals surface area contributed by atoms with Gasteiger partial charge >= 0.3 is 5.97 Å². The minimum atomic E-state index is -0.604. The van der Waals surface area contributed by atoms with Crippen LogP contribution in [-0.4, -0.2) is 31.5 Å². The molecule has 0 heterocycles. The lowest BCUT2D eigenvalue weighted by Crippen LogP contribution is -2.48. The lowest BCUT2D eigenvalue weighted by Gasteiger charge is -2.46. The minimum Gasteiger partial charge on any atom is -0.453 e. The van der Waals surface area contributed by atoms with Crippen LogP contribution in [0.25, 0.3) is 0 Å². The molecule has 0 spiro atoms. The molecule has 0 aliphatic heterocycles. The van der Waals surface area contributed by atoms with Crippen molar-refractivity contribution in [1.82, 2.24) is 4.90 Å². The van der Waals surface area contributed by atoms with Crippen molar-refractivity contribution < 1.29 is 9.53 Å². The zero-order chi connectivity index (χ0) is 18.6. The van der Waals surface area contributed by atoms with Gasteiger partial charge in [-0.05, 0) is 43.6 Å². The Kier molecular flexibility index (Phi) is 5.77. The molecule has 0 saturated carbocycles. The molecule has 3 heteroatoms. The predicted molar refractivity (Wildman–Crippen MR) is 105 cm³/mol. The van der Waals surface area contributed by atoms with Crippen LogP contribution in [0.15, 0.2) is 54.6 Å². The average molecular weight is 351 g/mol. The van der Waals surface area contributed by atoms with E-state index in [4.69, 9.17) is 4.74 Å². The van der Waals surface area contributed by atoms with Crippen LogP contribution < -0.4 is 0 Å². The number of nitrogens with zero attached hydrogens (tertiary/aromatic N) is 1. The predicted octanol–water partition coefficient (Wildman–Crippen LogP) is 4.20. The van der Waals surface area contributed by atoms with Gasteiger partial charge in [0, 0.05) is 25.3 Å². The van der Waals surface area contributed by atoms with Gasteiger partial charge in [0.1, 0.15) is 5.60 Å². The first-order valence-electron chi connectivity index (χ1n) is 9.54. The van der Waals surface area contributed by atoms with Gasteiger partial charge in [-0.2, -0.15) is 0 Å². The maximum Gasteiger partial charge on any atom is 0.306 e. The maximum atomic E-state index is 12.5. The SMILES string of the molecule is CCC(=O)OC1(Cc2ccccc2)c2ccccc2CCC1CN(C)C. The Morgan fingerprint density at radius 1 is 1.12 bits per heavy atom. The van der Waals surface area contributed by atoms with Crippen molar-refractivity contribution in [3.05, 3.63) is 71.3 Å². The number of carbonyl (C=O) groups excluding carboxylic acids is 1. The van der Waals surface area contributed by atoms with E-state index in [0.29, 0.717) is 6.42 Å². The highest BCUT2D eigenvalue weighted by Crippen LogP contribution is 2.45. The monoisotopic (exact) mass is 351 g/mol. The van der Waals surface area contributed by atoms with Crippen molar-refractivity contribution in [1.29, 1.82) is 0 Å². The number of benzene rings is 2. The van der Waals surface area contributed by atoms with Crippen molar-refractivity contribution in [3.63, 3.8) is 0 Å². The Bertz CT molecular complexity index is 741. The number of esters is 1. The van der Waals surface area contributed by atoms with E-state index in [1.165, 1.54) is 16.7 Å².